The minimum absolute atomic E-state index is 0.249. The van der Waals surface area contributed by atoms with E-state index in [9.17, 15) is 0 Å². The topological polar surface area (TPSA) is 81.3 Å². The Labute approximate surface area is 246 Å². The van der Waals surface area contributed by atoms with E-state index in [2.05, 4.69) is 68.9 Å². The Morgan fingerprint density at radius 1 is 0.634 bits per heavy atom. The molecule has 41 heavy (non-hydrogen) atoms. The van der Waals surface area contributed by atoms with Crippen LogP contribution in [-0.4, -0.2) is 15.1 Å². The van der Waals surface area contributed by atoms with Gasteiger partial charge in [0.25, 0.3) is 0 Å². The number of ether oxygens (including phenoxy) is 1. The largest absolute Gasteiger partial charge is 0.508 e. The van der Waals surface area contributed by atoms with E-state index in [4.69, 9.17) is 27.2 Å². The summed E-state index contributed by atoms with van der Waals surface area (Å²) < 4.78 is 6.00. The lowest BCUT2D eigenvalue weighted by molar-refractivity contribution is 0.475. The first-order chi connectivity index (χ1) is 19.6. The minimum Gasteiger partial charge on any atom is -0.508 e. The molecule has 6 aromatic rings. The molecule has 0 radical (unpaired) electrons. The van der Waals surface area contributed by atoms with E-state index in [1.807, 2.05) is 36.4 Å². The van der Waals surface area contributed by atoms with E-state index in [0.717, 1.165) is 38.3 Å². The Bertz CT molecular complexity index is 1760. The molecule has 208 valence electrons. The highest BCUT2D eigenvalue weighted by Gasteiger charge is 2.07. The zero-order valence-electron chi connectivity index (χ0n) is 23.9. The molecular formula is C35H34ClN3O2. The summed E-state index contributed by atoms with van der Waals surface area (Å²) in [6.07, 6.45) is 3.53. The van der Waals surface area contributed by atoms with Gasteiger partial charge in [0, 0.05) is 28.9 Å². The van der Waals surface area contributed by atoms with Gasteiger partial charge in [-0.15, -0.1) is 0 Å². The van der Waals surface area contributed by atoms with Gasteiger partial charge in [-0.05, 0) is 130 Å². The summed E-state index contributed by atoms with van der Waals surface area (Å²) in [5.41, 5.74) is 14.1. The molecule has 2 aromatic heterocycles. The van der Waals surface area contributed by atoms with Gasteiger partial charge < -0.3 is 15.6 Å². The van der Waals surface area contributed by atoms with Gasteiger partial charge in [0.05, 0.1) is 16.1 Å². The summed E-state index contributed by atoms with van der Waals surface area (Å²) in [4.78, 5) is 8.68. The predicted octanol–water partition coefficient (Wildman–Crippen LogP) is 9.43. The molecule has 0 bridgehead atoms. The van der Waals surface area contributed by atoms with Crippen LogP contribution in [0.15, 0.2) is 97.3 Å². The van der Waals surface area contributed by atoms with Gasteiger partial charge in [-0.1, -0.05) is 29.3 Å². The molecule has 2 heterocycles. The molecule has 0 saturated heterocycles. The van der Waals surface area contributed by atoms with E-state index in [0.29, 0.717) is 5.69 Å². The molecule has 0 fully saturated rings. The number of halogens is 1. The van der Waals surface area contributed by atoms with Crippen LogP contribution in [0.4, 0.5) is 5.69 Å². The molecule has 6 heteroatoms. The second-order valence-electron chi connectivity index (χ2n) is 10.0. The highest BCUT2D eigenvalue weighted by Crippen LogP contribution is 2.30. The zero-order valence-corrected chi connectivity index (χ0v) is 24.7. The summed E-state index contributed by atoms with van der Waals surface area (Å²) in [5.74, 6) is 1.95. The van der Waals surface area contributed by atoms with Gasteiger partial charge in [0.1, 0.15) is 17.2 Å². The van der Waals surface area contributed by atoms with Gasteiger partial charge in [0.2, 0.25) is 0 Å². The molecule has 0 spiro atoms. The number of fused-ring (bicyclic) bond motifs is 2. The number of aromatic nitrogens is 2. The lowest BCUT2D eigenvalue weighted by atomic mass is 10.1. The molecule has 6 rings (SSSR count). The highest BCUT2D eigenvalue weighted by molar-refractivity contribution is 6.35. The smallest absolute Gasteiger partial charge is 0.138 e. The van der Waals surface area contributed by atoms with E-state index >= 15 is 0 Å². The third kappa shape index (κ3) is 7.74. The van der Waals surface area contributed by atoms with E-state index in [1.54, 1.807) is 36.7 Å². The van der Waals surface area contributed by atoms with Gasteiger partial charge in [-0.25, -0.2) is 0 Å². The third-order valence-electron chi connectivity index (χ3n) is 6.76. The Kier molecular flexibility index (Phi) is 9.43. The number of aryl methyl sites for hydroxylation is 5. The number of nitrogens with zero attached hydrogens (tertiary/aromatic N) is 2. The third-order valence-corrected chi connectivity index (χ3v) is 7.09. The average molecular weight is 564 g/mol. The Balaban J connectivity index is 0.000000158. The van der Waals surface area contributed by atoms with Crippen LogP contribution in [0.25, 0.3) is 21.8 Å². The van der Waals surface area contributed by atoms with Crippen LogP contribution < -0.4 is 10.5 Å². The maximum absolute atomic E-state index is 8.70. The number of hydrogen-bond donors (Lipinski definition) is 2. The van der Waals surface area contributed by atoms with Crippen LogP contribution in [0.1, 0.15) is 27.8 Å². The number of anilines is 1. The Morgan fingerprint density at radius 2 is 1.15 bits per heavy atom. The minimum atomic E-state index is 0.249. The van der Waals surface area contributed by atoms with Crippen LogP contribution in [-0.2, 0) is 0 Å². The molecule has 0 saturated carbocycles. The summed E-state index contributed by atoms with van der Waals surface area (Å²) in [7, 11) is 0. The fourth-order valence-electron chi connectivity index (χ4n) is 4.05. The average Bonchev–Trinajstić information content (AvgIpc) is 2.95. The van der Waals surface area contributed by atoms with Crippen molar-refractivity contribution in [3.8, 4) is 17.2 Å². The number of hydrogen-bond acceptors (Lipinski definition) is 5. The van der Waals surface area contributed by atoms with Crippen LogP contribution in [0.2, 0.25) is 5.02 Å². The molecular weight excluding hydrogens is 530 g/mol. The van der Waals surface area contributed by atoms with Gasteiger partial charge in [-0.2, -0.15) is 0 Å². The first-order valence-electron chi connectivity index (χ1n) is 13.3. The number of nitrogen functional groups attached to an aromatic ring is 1. The second-order valence-corrected chi connectivity index (χ2v) is 10.4. The highest BCUT2D eigenvalue weighted by atomic mass is 35.5. The predicted molar refractivity (Wildman–Crippen MR) is 171 cm³/mol. The normalized spacial score (nSPS) is 10.4. The van der Waals surface area contributed by atoms with Crippen molar-refractivity contribution in [3.63, 3.8) is 0 Å². The Morgan fingerprint density at radius 3 is 1.73 bits per heavy atom. The molecule has 4 aromatic carbocycles. The lowest BCUT2D eigenvalue weighted by Crippen LogP contribution is -1.90. The first kappa shape index (κ1) is 29.4. The summed E-state index contributed by atoms with van der Waals surface area (Å²) in [6.45, 7) is 10.4. The number of phenolic OH excluding ortho intramolecular Hbond substituents is 1. The molecule has 0 unspecified atom stereocenters. The maximum Gasteiger partial charge on any atom is 0.138 e. The van der Waals surface area contributed by atoms with E-state index < -0.39 is 0 Å². The molecule has 0 amide bonds. The molecule has 0 aliphatic heterocycles. The molecule has 3 N–H and O–H groups in total. The number of rotatable bonds is 2. The monoisotopic (exact) mass is 563 g/mol. The van der Waals surface area contributed by atoms with Crippen molar-refractivity contribution in [2.75, 3.05) is 5.73 Å². The van der Waals surface area contributed by atoms with E-state index in [1.165, 1.54) is 27.8 Å². The molecule has 0 aliphatic carbocycles. The van der Waals surface area contributed by atoms with Crippen LogP contribution >= 0.6 is 11.6 Å². The zero-order chi connectivity index (χ0) is 29.5. The van der Waals surface area contributed by atoms with Crippen molar-refractivity contribution in [2.24, 2.45) is 0 Å². The molecule has 5 nitrogen and oxygen atoms in total. The number of nitrogens with two attached hydrogens (primary N) is 1. The summed E-state index contributed by atoms with van der Waals surface area (Å²) in [6, 6.07) is 26.6. The number of benzene rings is 4. The van der Waals surface area contributed by atoms with Gasteiger partial charge in [-0.3, -0.25) is 9.97 Å². The number of pyridine rings is 2. The number of phenols is 1. The molecule has 0 atom stereocenters. The quantitative estimate of drug-likeness (QED) is 0.162. The fraction of sp³-hybridized carbons (Fsp3) is 0.143. The van der Waals surface area contributed by atoms with Crippen molar-refractivity contribution >= 4 is 39.1 Å². The second kappa shape index (κ2) is 13.2. The summed E-state index contributed by atoms with van der Waals surface area (Å²) in [5, 5.41) is 11.6. The van der Waals surface area contributed by atoms with Crippen molar-refractivity contribution in [1.82, 2.24) is 9.97 Å². The van der Waals surface area contributed by atoms with Crippen molar-refractivity contribution < 1.29 is 9.84 Å². The van der Waals surface area contributed by atoms with Crippen molar-refractivity contribution in [1.29, 1.82) is 0 Å². The maximum atomic E-state index is 8.70. The fourth-order valence-corrected chi connectivity index (χ4v) is 4.26. The van der Waals surface area contributed by atoms with Crippen molar-refractivity contribution in [3.05, 3.63) is 130 Å². The van der Waals surface area contributed by atoms with Crippen LogP contribution in [0.3, 0.4) is 0 Å². The number of aromatic hydroxyl groups is 1. The van der Waals surface area contributed by atoms with Gasteiger partial charge >= 0.3 is 0 Å². The Hall–Kier alpha value is -4.61. The van der Waals surface area contributed by atoms with Crippen molar-refractivity contribution in [2.45, 2.75) is 34.6 Å². The standard InChI is InChI=1S/C18H17NO.C11H10ClN.C6H7NO/c1-12-4-6-15(7-5-12)20-18-8-9-19-17-11-14(3)13(2)10-16(17)18;1-7-5-9-10(12)3-4-13-11(9)6-8(7)2;7-5-1-3-6(8)4-2-5/h4-11H,1-3H3;3-6H,1-2H3;1-4,8H,7H2. The van der Waals surface area contributed by atoms with Crippen LogP contribution in [0.5, 0.6) is 17.2 Å². The van der Waals surface area contributed by atoms with E-state index in [-0.39, 0.29) is 5.75 Å². The molecule has 0 aliphatic rings. The summed E-state index contributed by atoms with van der Waals surface area (Å²) >= 11 is 6.04. The van der Waals surface area contributed by atoms with Gasteiger partial charge in [0.15, 0.2) is 0 Å². The SMILES string of the molecule is Cc1cc2nccc(Cl)c2cc1C.Cc1ccc(Oc2ccnc3cc(C)c(C)cc23)cc1.Nc1ccc(O)cc1. The lowest BCUT2D eigenvalue weighted by Gasteiger charge is -2.10. The van der Waals surface area contributed by atoms with Crippen LogP contribution in [0, 0.1) is 34.6 Å². The first-order valence-corrected chi connectivity index (χ1v) is 13.6.